The SMILES string of the molecule is NC(=O)[C@H](CCC(F)(F)F)[C@H](CCCF)C(=O)N[C@H]1N=C(c2ccccc2)c2cccc(Cl)c2NC1=O. The summed E-state index contributed by atoms with van der Waals surface area (Å²) in [5.74, 6) is -5.74. The number of primary amides is 1. The first kappa shape index (κ1) is 28.1. The number of benzene rings is 2. The molecule has 0 spiro atoms. The molecular formula is C25H25ClF4N4O3. The Bertz CT molecular complexity index is 1170. The molecule has 198 valence electrons. The van der Waals surface area contributed by atoms with E-state index in [0.717, 1.165) is 0 Å². The van der Waals surface area contributed by atoms with Crippen LogP contribution in [0.15, 0.2) is 53.5 Å². The first-order valence-corrected chi connectivity index (χ1v) is 11.8. The highest BCUT2D eigenvalue weighted by atomic mass is 35.5. The van der Waals surface area contributed by atoms with Crippen LogP contribution in [0.1, 0.15) is 36.8 Å². The van der Waals surface area contributed by atoms with Gasteiger partial charge in [-0.15, -0.1) is 0 Å². The third-order valence-corrected chi connectivity index (χ3v) is 6.24. The molecule has 0 radical (unpaired) electrons. The lowest BCUT2D eigenvalue weighted by Crippen LogP contribution is -2.48. The molecule has 1 aliphatic heterocycles. The average molecular weight is 541 g/mol. The summed E-state index contributed by atoms with van der Waals surface area (Å²) in [5, 5.41) is 5.26. The quantitative estimate of drug-likeness (QED) is 0.389. The lowest BCUT2D eigenvalue weighted by atomic mass is 9.83. The highest BCUT2D eigenvalue weighted by molar-refractivity contribution is 6.36. The number of nitrogens with two attached hydrogens (primary N) is 1. The van der Waals surface area contributed by atoms with Crippen LogP contribution in [0.4, 0.5) is 23.2 Å². The Morgan fingerprint density at radius 3 is 2.41 bits per heavy atom. The topological polar surface area (TPSA) is 114 Å². The zero-order valence-corrected chi connectivity index (χ0v) is 20.3. The number of fused-ring (bicyclic) bond motifs is 1. The van der Waals surface area contributed by atoms with Crippen LogP contribution in [0.3, 0.4) is 0 Å². The van der Waals surface area contributed by atoms with Gasteiger partial charge in [0.2, 0.25) is 18.0 Å². The predicted molar refractivity (Wildman–Crippen MR) is 131 cm³/mol. The Balaban J connectivity index is 1.97. The molecule has 37 heavy (non-hydrogen) atoms. The summed E-state index contributed by atoms with van der Waals surface area (Å²) in [4.78, 5) is 42.7. The summed E-state index contributed by atoms with van der Waals surface area (Å²) in [6.45, 7) is -0.859. The first-order chi connectivity index (χ1) is 17.5. The molecule has 0 bridgehead atoms. The van der Waals surface area contributed by atoms with E-state index in [9.17, 15) is 31.9 Å². The fourth-order valence-corrected chi connectivity index (χ4v) is 4.36. The fourth-order valence-electron chi connectivity index (χ4n) is 4.14. The Morgan fingerprint density at radius 2 is 1.78 bits per heavy atom. The first-order valence-electron chi connectivity index (χ1n) is 11.5. The normalized spacial score (nSPS) is 17.1. The van der Waals surface area contributed by atoms with Gasteiger partial charge < -0.3 is 16.4 Å². The van der Waals surface area contributed by atoms with Crippen LogP contribution in [-0.4, -0.2) is 42.4 Å². The number of carbonyl (C=O) groups is 3. The number of carbonyl (C=O) groups excluding carboxylic acids is 3. The second-order valence-electron chi connectivity index (χ2n) is 8.51. The van der Waals surface area contributed by atoms with Crippen molar-refractivity contribution in [3.8, 4) is 0 Å². The number of alkyl halides is 4. The van der Waals surface area contributed by atoms with Crippen molar-refractivity contribution in [2.45, 2.75) is 38.0 Å². The van der Waals surface area contributed by atoms with Crippen molar-refractivity contribution in [3.63, 3.8) is 0 Å². The fraction of sp³-hybridized carbons (Fsp3) is 0.360. The van der Waals surface area contributed by atoms with E-state index in [2.05, 4.69) is 15.6 Å². The number of rotatable bonds is 10. The van der Waals surface area contributed by atoms with E-state index in [4.69, 9.17) is 17.3 Å². The van der Waals surface area contributed by atoms with E-state index in [0.29, 0.717) is 16.8 Å². The van der Waals surface area contributed by atoms with E-state index >= 15 is 0 Å². The number of hydrogen-bond acceptors (Lipinski definition) is 4. The largest absolute Gasteiger partial charge is 0.389 e. The van der Waals surface area contributed by atoms with Gasteiger partial charge in [-0.1, -0.05) is 54.1 Å². The molecule has 7 nitrogen and oxygen atoms in total. The van der Waals surface area contributed by atoms with Crippen LogP contribution in [0.5, 0.6) is 0 Å². The van der Waals surface area contributed by atoms with Crippen LogP contribution < -0.4 is 16.4 Å². The van der Waals surface area contributed by atoms with Gasteiger partial charge in [-0.25, -0.2) is 4.99 Å². The van der Waals surface area contributed by atoms with Crippen molar-refractivity contribution in [1.82, 2.24) is 5.32 Å². The van der Waals surface area contributed by atoms with Crippen molar-refractivity contribution in [2.75, 3.05) is 12.0 Å². The molecule has 0 saturated carbocycles. The zero-order valence-electron chi connectivity index (χ0n) is 19.5. The van der Waals surface area contributed by atoms with Gasteiger partial charge in [0, 0.05) is 29.4 Å². The third kappa shape index (κ3) is 7.28. The Hall–Kier alpha value is -3.47. The number of aliphatic imine (C=N–C) groups is 1. The van der Waals surface area contributed by atoms with Gasteiger partial charge >= 0.3 is 6.18 Å². The number of amides is 3. The number of hydrogen-bond donors (Lipinski definition) is 3. The van der Waals surface area contributed by atoms with Gasteiger partial charge in [0.25, 0.3) is 5.91 Å². The second kappa shape index (κ2) is 12.2. The van der Waals surface area contributed by atoms with E-state index < -0.39 is 61.4 Å². The molecule has 3 atom stereocenters. The Labute approximate surface area is 215 Å². The molecular weight excluding hydrogens is 516 g/mol. The van der Waals surface area contributed by atoms with Crippen molar-refractivity contribution in [1.29, 1.82) is 0 Å². The number of anilines is 1. The minimum Gasteiger partial charge on any atom is -0.369 e. The van der Waals surface area contributed by atoms with E-state index in [1.54, 1.807) is 48.5 Å². The summed E-state index contributed by atoms with van der Waals surface area (Å²) in [6.07, 6.45) is -8.65. The molecule has 4 N–H and O–H groups in total. The summed E-state index contributed by atoms with van der Waals surface area (Å²) in [5.41, 5.74) is 7.02. The van der Waals surface area contributed by atoms with Crippen molar-refractivity contribution in [2.24, 2.45) is 22.6 Å². The monoisotopic (exact) mass is 540 g/mol. The minimum atomic E-state index is -4.59. The smallest absolute Gasteiger partial charge is 0.369 e. The number of nitrogens with zero attached hydrogens (tertiary/aromatic N) is 1. The molecule has 2 aromatic carbocycles. The van der Waals surface area contributed by atoms with Crippen molar-refractivity contribution < 1.29 is 31.9 Å². The van der Waals surface area contributed by atoms with Crippen molar-refractivity contribution in [3.05, 3.63) is 64.7 Å². The second-order valence-corrected chi connectivity index (χ2v) is 8.91. The van der Waals surface area contributed by atoms with E-state index in [1.807, 2.05) is 0 Å². The molecule has 0 saturated heterocycles. The third-order valence-electron chi connectivity index (χ3n) is 5.93. The molecule has 3 amide bonds. The van der Waals surface area contributed by atoms with E-state index in [-0.39, 0.29) is 23.6 Å². The molecule has 12 heteroatoms. The summed E-state index contributed by atoms with van der Waals surface area (Å²) in [6, 6.07) is 13.7. The maximum atomic E-state index is 13.2. The van der Waals surface area contributed by atoms with Gasteiger partial charge in [0.05, 0.1) is 23.1 Å². The molecule has 0 unspecified atom stereocenters. The van der Waals surface area contributed by atoms with Gasteiger partial charge in [-0.2, -0.15) is 13.2 Å². The van der Waals surface area contributed by atoms with Crippen LogP contribution >= 0.6 is 11.6 Å². The Morgan fingerprint density at radius 1 is 1.08 bits per heavy atom. The van der Waals surface area contributed by atoms with Gasteiger partial charge in [0.1, 0.15) is 0 Å². The highest BCUT2D eigenvalue weighted by Crippen LogP contribution is 2.32. The van der Waals surface area contributed by atoms with Crippen LogP contribution in [0.25, 0.3) is 0 Å². The van der Waals surface area contributed by atoms with Crippen LogP contribution in [0.2, 0.25) is 5.02 Å². The molecule has 0 aliphatic carbocycles. The standard InChI is InChI=1S/C25H25ClF4N4O3/c26-18-10-4-8-17-19(14-6-2-1-3-7-14)32-22(24(37)33-20(17)18)34-23(36)16(9-5-13-27)15(21(31)35)11-12-25(28,29)30/h1-4,6-8,10,15-16,22H,5,9,11-13H2,(H2,31,35)(H,33,37)(H,34,36)/t15-,16+,22-/m1/s1. The van der Waals surface area contributed by atoms with Crippen LogP contribution in [0, 0.1) is 11.8 Å². The maximum Gasteiger partial charge on any atom is 0.389 e. The highest BCUT2D eigenvalue weighted by Gasteiger charge is 2.38. The molecule has 1 heterocycles. The lowest BCUT2D eigenvalue weighted by Gasteiger charge is -2.25. The number of halogens is 5. The molecule has 0 fully saturated rings. The molecule has 2 aromatic rings. The van der Waals surface area contributed by atoms with Gasteiger partial charge in [0.15, 0.2) is 0 Å². The van der Waals surface area contributed by atoms with Crippen molar-refractivity contribution >= 4 is 40.7 Å². The number of para-hydroxylation sites is 1. The van der Waals surface area contributed by atoms with E-state index in [1.165, 1.54) is 0 Å². The van der Waals surface area contributed by atoms with Gasteiger partial charge in [-0.05, 0) is 25.3 Å². The van der Waals surface area contributed by atoms with Crippen LogP contribution in [-0.2, 0) is 14.4 Å². The molecule has 0 aromatic heterocycles. The summed E-state index contributed by atoms with van der Waals surface area (Å²) < 4.78 is 51.4. The molecule has 3 rings (SSSR count). The van der Waals surface area contributed by atoms with Gasteiger partial charge in [-0.3, -0.25) is 18.8 Å². The predicted octanol–water partition coefficient (Wildman–Crippen LogP) is 4.38. The lowest BCUT2D eigenvalue weighted by molar-refractivity contribution is -0.146. The number of nitrogens with one attached hydrogen (secondary N) is 2. The summed E-state index contributed by atoms with van der Waals surface area (Å²) in [7, 11) is 0. The summed E-state index contributed by atoms with van der Waals surface area (Å²) >= 11 is 6.31. The maximum absolute atomic E-state index is 13.2. The molecule has 1 aliphatic rings. The number of benzodiazepines with no additional fused rings is 1. The zero-order chi connectivity index (χ0) is 27.2. The Kier molecular flexibility index (Phi) is 9.25. The average Bonchev–Trinajstić information content (AvgIpc) is 2.98. The minimum absolute atomic E-state index is 0.190.